The van der Waals surface area contributed by atoms with E-state index in [2.05, 4.69) is 12.1 Å². The van der Waals surface area contributed by atoms with Gasteiger partial charge in [-0.3, -0.25) is 4.79 Å². The largest absolute Gasteiger partial charge is 0.464 e. The van der Waals surface area contributed by atoms with E-state index in [9.17, 15) is 4.79 Å². The van der Waals surface area contributed by atoms with Crippen LogP contribution >= 0.6 is 0 Å². The van der Waals surface area contributed by atoms with Gasteiger partial charge in [-0.2, -0.15) is 0 Å². The number of rotatable bonds is 7. The van der Waals surface area contributed by atoms with E-state index < -0.39 is 0 Å². The van der Waals surface area contributed by atoms with Gasteiger partial charge in [0.1, 0.15) is 11.7 Å². The number of hydrogen-bond donors (Lipinski definition) is 0. The third kappa shape index (κ3) is 5.14. The van der Waals surface area contributed by atoms with E-state index in [1.165, 1.54) is 0 Å². The van der Waals surface area contributed by atoms with Gasteiger partial charge in [0.05, 0.1) is 36.2 Å². The van der Waals surface area contributed by atoms with Gasteiger partial charge < -0.3 is 13.9 Å². The zero-order valence-corrected chi connectivity index (χ0v) is 18.4. The van der Waals surface area contributed by atoms with Crippen molar-refractivity contribution in [2.24, 2.45) is 0 Å². The Labute approximate surface area is 192 Å². The first-order valence-electron chi connectivity index (χ1n) is 11.3. The van der Waals surface area contributed by atoms with Gasteiger partial charge in [-0.1, -0.05) is 85.0 Å². The number of ether oxygens (including phenoxy) is 2. The van der Waals surface area contributed by atoms with Gasteiger partial charge in [0.2, 0.25) is 0 Å². The second kappa shape index (κ2) is 9.99. The average molecular weight is 439 g/mol. The van der Waals surface area contributed by atoms with Crippen molar-refractivity contribution in [2.45, 2.75) is 38.3 Å². The van der Waals surface area contributed by atoms with Crippen molar-refractivity contribution in [1.82, 2.24) is 0 Å². The zero-order valence-electron chi connectivity index (χ0n) is 18.4. The van der Waals surface area contributed by atoms with Crippen LogP contribution in [0.3, 0.4) is 0 Å². The molecule has 0 spiro atoms. The molecular weight excluding hydrogens is 412 g/mol. The smallest absolute Gasteiger partial charge is 0.200 e. The van der Waals surface area contributed by atoms with E-state index in [1.807, 2.05) is 78.9 Å². The van der Waals surface area contributed by atoms with Gasteiger partial charge >= 0.3 is 0 Å². The number of hydrogen-bond acceptors (Lipinski definition) is 4. The van der Waals surface area contributed by atoms with Gasteiger partial charge in [-0.25, -0.2) is 0 Å². The fraction of sp³-hybridized carbons (Fsp3) is 0.207. The molecule has 5 rings (SSSR count). The summed E-state index contributed by atoms with van der Waals surface area (Å²) < 4.78 is 17.8. The molecule has 0 bridgehead atoms. The summed E-state index contributed by atoms with van der Waals surface area (Å²) in [4.78, 5) is 13.1. The minimum Gasteiger partial charge on any atom is -0.464 e. The first-order valence-corrected chi connectivity index (χ1v) is 11.3. The van der Waals surface area contributed by atoms with Crippen molar-refractivity contribution in [3.05, 3.63) is 123 Å². The number of allylic oxidation sites excluding steroid dienone is 2. The molecule has 0 fully saturated rings. The molecule has 2 aliphatic carbocycles. The first-order chi connectivity index (χ1) is 16.3. The topological polar surface area (TPSA) is 48.7 Å². The lowest BCUT2D eigenvalue weighted by atomic mass is 9.98. The van der Waals surface area contributed by atoms with Gasteiger partial charge in [-0.15, -0.1) is 0 Å². The Morgan fingerprint density at radius 3 is 2.09 bits per heavy atom. The maximum atomic E-state index is 13.1. The molecule has 0 amide bonds. The van der Waals surface area contributed by atoms with Gasteiger partial charge in [0, 0.05) is 0 Å². The van der Waals surface area contributed by atoms with Crippen molar-refractivity contribution in [1.29, 1.82) is 0 Å². The van der Waals surface area contributed by atoms with Crippen molar-refractivity contribution >= 4 is 17.7 Å². The van der Waals surface area contributed by atoms with Crippen LogP contribution in [0.15, 0.2) is 94.4 Å². The standard InChI is InChI=1S/C29H26O4/c30-29-26-16-15-25(32-19-22-9-5-2-6-10-22)17-28(26)33-20-27(29)23-11-13-24(14-12-23)31-18-21-7-3-1-4-8-21/h1-13,16-17,20,24-25H,14-15,18-19H2. The lowest BCUT2D eigenvalue weighted by molar-refractivity contribution is 0.0735. The maximum absolute atomic E-state index is 13.1. The molecule has 2 atom stereocenters. The minimum absolute atomic E-state index is 0.000964. The third-order valence-corrected chi connectivity index (χ3v) is 5.94. The molecule has 2 aromatic carbocycles. The average Bonchev–Trinajstić information content (AvgIpc) is 2.88. The molecule has 33 heavy (non-hydrogen) atoms. The van der Waals surface area contributed by atoms with E-state index in [-0.39, 0.29) is 17.6 Å². The Morgan fingerprint density at radius 2 is 1.45 bits per heavy atom. The van der Waals surface area contributed by atoms with Crippen LogP contribution < -0.4 is 16.1 Å². The summed E-state index contributed by atoms with van der Waals surface area (Å²) in [7, 11) is 0. The Hall–Kier alpha value is -3.47. The Kier molecular flexibility index (Phi) is 6.47. The van der Waals surface area contributed by atoms with Crippen LogP contribution in [0.4, 0.5) is 0 Å². The van der Waals surface area contributed by atoms with E-state index >= 15 is 0 Å². The van der Waals surface area contributed by atoms with Gasteiger partial charge in [0.25, 0.3) is 0 Å². The Morgan fingerprint density at radius 1 is 0.818 bits per heavy atom. The molecule has 0 N–H and O–H groups in total. The molecule has 0 saturated carbocycles. The molecule has 1 heterocycles. The van der Waals surface area contributed by atoms with E-state index in [1.54, 1.807) is 6.26 Å². The lowest BCUT2D eigenvalue weighted by Crippen LogP contribution is -2.43. The molecule has 0 radical (unpaired) electrons. The second-order valence-electron chi connectivity index (χ2n) is 8.29. The predicted octanol–water partition coefficient (Wildman–Crippen LogP) is 4.12. The Balaban J connectivity index is 1.25. The summed E-state index contributed by atoms with van der Waals surface area (Å²) in [6, 6.07) is 20.2. The number of benzene rings is 2. The molecule has 1 aromatic heterocycles. The summed E-state index contributed by atoms with van der Waals surface area (Å²) in [5, 5.41) is 0.615. The quantitative estimate of drug-likeness (QED) is 0.557. The molecular formula is C29H26O4. The summed E-state index contributed by atoms with van der Waals surface area (Å²) in [6.07, 6.45) is 12.7. The van der Waals surface area contributed by atoms with Crippen LogP contribution in [0.25, 0.3) is 17.7 Å². The third-order valence-electron chi connectivity index (χ3n) is 5.94. The molecule has 2 aliphatic rings. The highest BCUT2D eigenvalue weighted by atomic mass is 16.5. The monoisotopic (exact) mass is 438 g/mol. The van der Waals surface area contributed by atoms with Crippen molar-refractivity contribution < 1.29 is 13.9 Å². The Bertz CT molecular complexity index is 1330. The van der Waals surface area contributed by atoms with E-state index in [0.717, 1.165) is 23.1 Å². The van der Waals surface area contributed by atoms with E-state index in [4.69, 9.17) is 13.9 Å². The fourth-order valence-electron chi connectivity index (χ4n) is 4.08. The normalized spacial score (nSPS) is 19.2. The summed E-state index contributed by atoms with van der Waals surface area (Å²) in [6.45, 7) is 1.09. The maximum Gasteiger partial charge on any atom is 0.200 e. The highest BCUT2D eigenvalue weighted by Crippen LogP contribution is 2.21. The zero-order chi connectivity index (χ0) is 22.5. The van der Waals surface area contributed by atoms with Crippen LogP contribution in [0.5, 0.6) is 0 Å². The lowest BCUT2D eigenvalue weighted by Gasteiger charge is -2.17. The van der Waals surface area contributed by atoms with Gasteiger partial charge in [0.15, 0.2) is 5.43 Å². The van der Waals surface area contributed by atoms with Crippen LogP contribution in [0.2, 0.25) is 0 Å². The van der Waals surface area contributed by atoms with Crippen LogP contribution in [-0.2, 0) is 22.7 Å². The van der Waals surface area contributed by atoms with Crippen LogP contribution in [0, 0.1) is 0 Å². The molecule has 4 nitrogen and oxygen atoms in total. The summed E-state index contributed by atoms with van der Waals surface area (Å²) in [5.41, 5.74) is 4.30. The van der Waals surface area contributed by atoms with Crippen molar-refractivity contribution in [2.75, 3.05) is 0 Å². The molecule has 3 aromatic rings. The van der Waals surface area contributed by atoms with Crippen molar-refractivity contribution in [3.63, 3.8) is 0 Å². The molecule has 2 unspecified atom stereocenters. The molecule has 166 valence electrons. The number of fused-ring (bicyclic) bond motifs is 1. The fourth-order valence-corrected chi connectivity index (χ4v) is 4.08. The van der Waals surface area contributed by atoms with Gasteiger partial charge in [-0.05, 0) is 35.6 Å². The minimum atomic E-state index is -0.108. The summed E-state index contributed by atoms with van der Waals surface area (Å²) in [5.74, 6) is 0. The molecule has 0 aliphatic heterocycles. The van der Waals surface area contributed by atoms with Crippen LogP contribution in [-0.4, -0.2) is 12.2 Å². The van der Waals surface area contributed by atoms with Crippen molar-refractivity contribution in [3.8, 4) is 0 Å². The van der Waals surface area contributed by atoms with Crippen LogP contribution in [0.1, 0.15) is 29.5 Å². The second-order valence-corrected chi connectivity index (χ2v) is 8.29. The van der Waals surface area contributed by atoms with E-state index in [0.29, 0.717) is 35.8 Å². The summed E-state index contributed by atoms with van der Waals surface area (Å²) >= 11 is 0. The molecule has 0 saturated heterocycles. The SMILES string of the molecule is O=c1c(C2=CCC(OCc3ccccc3)C=C2)coc2c1=CCC(OCc1ccccc1)C=2. The highest BCUT2D eigenvalue weighted by Gasteiger charge is 2.16. The predicted molar refractivity (Wildman–Crippen MR) is 130 cm³/mol. The highest BCUT2D eigenvalue weighted by molar-refractivity contribution is 5.74. The molecule has 4 heteroatoms. The first kappa shape index (κ1) is 21.4.